The smallest absolute Gasteiger partial charge is 0.336 e. The summed E-state index contributed by atoms with van der Waals surface area (Å²) in [5, 5.41) is 0. The Labute approximate surface area is 89.8 Å². The zero-order valence-corrected chi connectivity index (χ0v) is 8.98. The van der Waals surface area contributed by atoms with Crippen LogP contribution in [0.25, 0.3) is 10.4 Å². The molecule has 0 radical (unpaired) electrons. The van der Waals surface area contributed by atoms with Gasteiger partial charge in [-0.05, 0) is 25.1 Å². The summed E-state index contributed by atoms with van der Waals surface area (Å²) in [6, 6.07) is 6.99. The summed E-state index contributed by atoms with van der Waals surface area (Å²) in [7, 11) is 0. The average molecular weight is 227 g/mol. The first-order valence-corrected chi connectivity index (χ1v) is 5.22. The van der Waals surface area contributed by atoms with E-state index in [0.717, 1.165) is 10.4 Å². The van der Waals surface area contributed by atoms with E-state index in [4.69, 9.17) is 16.0 Å². The van der Waals surface area contributed by atoms with Gasteiger partial charge in [-0.3, -0.25) is 0 Å². The molecule has 0 aromatic carbocycles. The van der Waals surface area contributed by atoms with Gasteiger partial charge in [0.25, 0.3) is 0 Å². The van der Waals surface area contributed by atoms with Crippen LogP contribution < -0.4 is 5.63 Å². The molecular weight excluding hydrogens is 220 g/mol. The second kappa shape index (κ2) is 3.59. The Kier molecular flexibility index (Phi) is 2.44. The van der Waals surface area contributed by atoms with E-state index in [9.17, 15) is 4.79 Å². The van der Waals surface area contributed by atoms with E-state index in [2.05, 4.69) is 0 Å². The third-order valence-corrected chi connectivity index (χ3v) is 3.03. The standard InChI is InChI=1S/C10H7ClO2S/c1-6-4-7(5-10(12)13-6)8-2-3-9(11)14-8/h2-5H,1H3. The van der Waals surface area contributed by atoms with Gasteiger partial charge in [0.2, 0.25) is 0 Å². The molecule has 0 bridgehead atoms. The molecule has 2 heterocycles. The van der Waals surface area contributed by atoms with Gasteiger partial charge in [0.15, 0.2) is 0 Å². The van der Waals surface area contributed by atoms with Crippen LogP contribution >= 0.6 is 22.9 Å². The summed E-state index contributed by atoms with van der Waals surface area (Å²) < 4.78 is 5.58. The minimum Gasteiger partial charge on any atom is -0.428 e. The van der Waals surface area contributed by atoms with E-state index in [1.807, 2.05) is 18.2 Å². The molecule has 72 valence electrons. The molecule has 0 atom stereocenters. The van der Waals surface area contributed by atoms with Crippen LogP contribution in [0.15, 0.2) is 33.5 Å². The highest BCUT2D eigenvalue weighted by Crippen LogP contribution is 2.30. The van der Waals surface area contributed by atoms with Crippen molar-refractivity contribution in [1.82, 2.24) is 0 Å². The monoisotopic (exact) mass is 226 g/mol. The van der Waals surface area contributed by atoms with Gasteiger partial charge in [0, 0.05) is 16.5 Å². The van der Waals surface area contributed by atoms with E-state index >= 15 is 0 Å². The largest absolute Gasteiger partial charge is 0.428 e. The van der Waals surface area contributed by atoms with E-state index < -0.39 is 0 Å². The van der Waals surface area contributed by atoms with E-state index in [-0.39, 0.29) is 5.63 Å². The average Bonchev–Trinajstić information content (AvgIpc) is 2.50. The van der Waals surface area contributed by atoms with Crippen LogP contribution in [0.2, 0.25) is 4.34 Å². The lowest BCUT2D eigenvalue weighted by Crippen LogP contribution is -1.97. The van der Waals surface area contributed by atoms with Crippen molar-refractivity contribution in [3.05, 3.63) is 44.8 Å². The molecule has 0 spiro atoms. The molecule has 0 saturated heterocycles. The van der Waals surface area contributed by atoms with Crippen molar-refractivity contribution in [3.8, 4) is 10.4 Å². The van der Waals surface area contributed by atoms with E-state index in [0.29, 0.717) is 10.1 Å². The fourth-order valence-electron chi connectivity index (χ4n) is 1.22. The Bertz CT molecular complexity index is 513. The minimum atomic E-state index is -0.329. The summed E-state index contributed by atoms with van der Waals surface area (Å²) in [4.78, 5) is 12.1. The maximum atomic E-state index is 11.1. The maximum absolute atomic E-state index is 11.1. The number of hydrogen-bond acceptors (Lipinski definition) is 3. The van der Waals surface area contributed by atoms with Crippen molar-refractivity contribution in [1.29, 1.82) is 0 Å². The Morgan fingerprint density at radius 3 is 2.71 bits per heavy atom. The van der Waals surface area contributed by atoms with E-state index in [1.54, 1.807) is 6.92 Å². The van der Waals surface area contributed by atoms with E-state index in [1.165, 1.54) is 17.4 Å². The molecule has 0 aliphatic carbocycles. The van der Waals surface area contributed by atoms with Crippen molar-refractivity contribution in [3.63, 3.8) is 0 Å². The first-order chi connectivity index (χ1) is 6.65. The molecule has 0 saturated carbocycles. The number of thiophene rings is 1. The van der Waals surface area contributed by atoms with Crippen LogP contribution in [0.3, 0.4) is 0 Å². The molecule has 0 aliphatic rings. The zero-order valence-electron chi connectivity index (χ0n) is 7.41. The second-order valence-electron chi connectivity index (χ2n) is 2.88. The first-order valence-electron chi connectivity index (χ1n) is 4.02. The molecule has 0 N–H and O–H groups in total. The van der Waals surface area contributed by atoms with Crippen molar-refractivity contribution in [2.75, 3.05) is 0 Å². The summed E-state index contributed by atoms with van der Waals surface area (Å²) in [5.74, 6) is 0.608. The second-order valence-corrected chi connectivity index (χ2v) is 4.59. The van der Waals surface area contributed by atoms with Gasteiger partial charge in [-0.25, -0.2) is 4.79 Å². The van der Waals surface area contributed by atoms with Crippen molar-refractivity contribution in [2.45, 2.75) is 6.92 Å². The van der Waals surface area contributed by atoms with Crippen molar-refractivity contribution >= 4 is 22.9 Å². The number of hydrogen-bond donors (Lipinski definition) is 0. The summed E-state index contributed by atoms with van der Waals surface area (Å²) in [6.45, 7) is 1.75. The highest BCUT2D eigenvalue weighted by molar-refractivity contribution is 7.19. The Morgan fingerprint density at radius 1 is 1.36 bits per heavy atom. The highest BCUT2D eigenvalue weighted by atomic mass is 35.5. The zero-order chi connectivity index (χ0) is 10.1. The van der Waals surface area contributed by atoms with Crippen LogP contribution in [0, 0.1) is 6.92 Å². The molecular formula is C10H7ClO2S. The van der Waals surface area contributed by atoms with Crippen LogP contribution in [0.1, 0.15) is 5.76 Å². The van der Waals surface area contributed by atoms with Crippen LogP contribution in [0.5, 0.6) is 0 Å². The predicted octanol–water partition coefficient (Wildman–Crippen LogP) is 3.33. The Balaban J connectivity index is 2.56. The molecule has 2 aromatic rings. The lowest BCUT2D eigenvalue weighted by Gasteiger charge is -1.96. The van der Waals surface area contributed by atoms with Gasteiger partial charge >= 0.3 is 5.63 Å². The van der Waals surface area contributed by atoms with Gasteiger partial charge in [-0.1, -0.05) is 11.6 Å². The van der Waals surface area contributed by atoms with Crippen molar-refractivity contribution in [2.24, 2.45) is 0 Å². The third kappa shape index (κ3) is 1.89. The molecule has 0 fully saturated rings. The fourth-order valence-corrected chi connectivity index (χ4v) is 2.25. The molecule has 2 aromatic heterocycles. The summed E-state index contributed by atoms with van der Waals surface area (Å²) in [6.07, 6.45) is 0. The highest BCUT2D eigenvalue weighted by Gasteiger charge is 2.03. The van der Waals surface area contributed by atoms with Crippen molar-refractivity contribution < 1.29 is 4.42 Å². The number of rotatable bonds is 1. The van der Waals surface area contributed by atoms with Gasteiger partial charge < -0.3 is 4.42 Å². The van der Waals surface area contributed by atoms with Crippen LogP contribution in [0.4, 0.5) is 0 Å². The summed E-state index contributed by atoms with van der Waals surface area (Å²) >= 11 is 7.25. The molecule has 2 nitrogen and oxygen atoms in total. The maximum Gasteiger partial charge on any atom is 0.336 e. The molecule has 0 aliphatic heterocycles. The lowest BCUT2D eigenvalue weighted by molar-refractivity contribution is 0.481. The summed E-state index contributed by atoms with van der Waals surface area (Å²) in [5.41, 5.74) is 0.528. The molecule has 14 heavy (non-hydrogen) atoms. The topological polar surface area (TPSA) is 30.2 Å². The van der Waals surface area contributed by atoms with Crippen LogP contribution in [-0.4, -0.2) is 0 Å². The third-order valence-electron chi connectivity index (χ3n) is 1.75. The predicted molar refractivity (Wildman–Crippen MR) is 58.0 cm³/mol. The number of aryl methyl sites for hydroxylation is 1. The Morgan fingerprint density at radius 2 is 2.14 bits per heavy atom. The SMILES string of the molecule is Cc1cc(-c2ccc(Cl)s2)cc(=O)o1. The molecule has 0 unspecified atom stereocenters. The molecule has 2 rings (SSSR count). The quantitative estimate of drug-likeness (QED) is 0.747. The number of halogens is 1. The fraction of sp³-hybridized carbons (Fsp3) is 0.100. The molecule has 4 heteroatoms. The van der Waals surface area contributed by atoms with Gasteiger partial charge in [0.1, 0.15) is 5.76 Å². The lowest BCUT2D eigenvalue weighted by atomic mass is 10.2. The van der Waals surface area contributed by atoms with Gasteiger partial charge in [0.05, 0.1) is 4.34 Å². The van der Waals surface area contributed by atoms with Gasteiger partial charge in [-0.2, -0.15) is 0 Å². The van der Waals surface area contributed by atoms with Crippen LogP contribution in [-0.2, 0) is 0 Å². The first kappa shape index (κ1) is 9.49. The molecule has 0 amide bonds. The normalized spacial score (nSPS) is 10.4. The Hall–Kier alpha value is -1.06. The van der Waals surface area contributed by atoms with Gasteiger partial charge in [-0.15, -0.1) is 11.3 Å². The minimum absolute atomic E-state index is 0.329.